The first-order valence-corrected chi connectivity index (χ1v) is 7.95. The molecule has 1 atom stereocenters. The molecule has 0 aliphatic carbocycles. The first-order chi connectivity index (χ1) is 9.49. The first kappa shape index (κ1) is 16.6. The highest BCUT2D eigenvalue weighted by Gasteiger charge is 2.37. The predicted octanol–water partition coefficient (Wildman–Crippen LogP) is 3.74. The topological polar surface area (TPSA) is 65.8 Å². The second kappa shape index (κ2) is 7.39. The maximum atomic E-state index is 12.5. The van der Waals surface area contributed by atoms with Crippen molar-refractivity contribution < 1.29 is 4.79 Å². The minimum absolute atomic E-state index is 0.150. The molecule has 0 aromatic carbocycles. The lowest BCUT2D eigenvalue weighted by Crippen LogP contribution is -2.41. The van der Waals surface area contributed by atoms with E-state index in [4.69, 9.17) is 0 Å². The van der Waals surface area contributed by atoms with Gasteiger partial charge in [0.05, 0.1) is 12.1 Å². The average molecular weight is 293 g/mol. The number of carbonyl (C=O) groups is 1. The van der Waals surface area contributed by atoms with E-state index in [0.717, 1.165) is 22.7 Å². The Balaban J connectivity index is 2.83. The molecule has 0 aliphatic rings. The SMILES string of the molecule is CCCC(C#N)(CCC)C(=O)NC(C)c1ncc(C)s1. The van der Waals surface area contributed by atoms with Gasteiger partial charge in [0, 0.05) is 11.1 Å². The maximum Gasteiger partial charge on any atom is 0.241 e. The van der Waals surface area contributed by atoms with Gasteiger partial charge in [-0.1, -0.05) is 26.7 Å². The Morgan fingerprint density at radius 1 is 1.50 bits per heavy atom. The van der Waals surface area contributed by atoms with Crippen LogP contribution >= 0.6 is 11.3 Å². The third kappa shape index (κ3) is 3.80. The molecule has 110 valence electrons. The van der Waals surface area contributed by atoms with E-state index in [1.54, 1.807) is 17.5 Å². The molecule has 0 saturated carbocycles. The molecule has 5 heteroatoms. The van der Waals surface area contributed by atoms with Crippen LogP contribution in [-0.4, -0.2) is 10.9 Å². The molecule has 1 amide bonds. The highest BCUT2D eigenvalue weighted by molar-refractivity contribution is 7.11. The molecule has 0 spiro atoms. The molecule has 1 aromatic rings. The summed E-state index contributed by atoms with van der Waals surface area (Å²) < 4.78 is 0. The third-order valence-corrected chi connectivity index (χ3v) is 4.45. The number of nitrogens with zero attached hydrogens (tertiary/aromatic N) is 2. The largest absolute Gasteiger partial charge is 0.346 e. The van der Waals surface area contributed by atoms with Gasteiger partial charge >= 0.3 is 0 Å². The first-order valence-electron chi connectivity index (χ1n) is 7.13. The molecule has 4 nitrogen and oxygen atoms in total. The molecule has 1 N–H and O–H groups in total. The molecule has 0 aliphatic heterocycles. The number of thiazole rings is 1. The summed E-state index contributed by atoms with van der Waals surface area (Å²) in [5, 5.41) is 13.3. The van der Waals surface area contributed by atoms with Crippen molar-refractivity contribution in [2.45, 2.75) is 59.4 Å². The number of nitriles is 1. The highest BCUT2D eigenvalue weighted by Crippen LogP contribution is 2.31. The van der Waals surface area contributed by atoms with Gasteiger partial charge in [0.1, 0.15) is 10.4 Å². The Labute approximate surface area is 125 Å². The van der Waals surface area contributed by atoms with Crippen molar-refractivity contribution in [1.29, 1.82) is 5.26 Å². The standard InChI is InChI=1S/C15H23N3OS/c1-5-7-15(10-16,8-6-2)14(19)18-12(4)13-17-9-11(3)20-13/h9,12H,5-8H2,1-4H3,(H,18,19). The van der Waals surface area contributed by atoms with Crippen molar-refractivity contribution in [3.63, 3.8) is 0 Å². The van der Waals surface area contributed by atoms with Gasteiger partial charge in [0.2, 0.25) is 5.91 Å². The number of amides is 1. The van der Waals surface area contributed by atoms with Gasteiger partial charge in [-0.15, -0.1) is 11.3 Å². The summed E-state index contributed by atoms with van der Waals surface area (Å²) in [6.45, 7) is 7.91. The normalized spacial score (nSPS) is 12.8. The molecule has 1 unspecified atom stereocenters. The molecule has 0 bridgehead atoms. The molecule has 0 saturated heterocycles. The fourth-order valence-electron chi connectivity index (χ4n) is 2.34. The summed E-state index contributed by atoms with van der Waals surface area (Å²) in [4.78, 5) is 17.9. The van der Waals surface area contributed by atoms with E-state index in [2.05, 4.69) is 16.4 Å². The Bertz CT molecular complexity index is 484. The van der Waals surface area contributed by atoms with Gasteiger partial charge in [0.25, 0.3) is 0 Å². The summed E-state index contributed by atoms with van der Waals surface area (Å²) in [5.41, 5.74) is -0.899. The van der Waals surface area contributed by atoms with Crippen LogP contribution in [0.25, 0.3) is 0 Å². The third-order valence-electron chi connectivity index (χ3n) is 3.36. The Morgan fingerprint density at radius 2 is 2.10 bits per heavy atom. The smallest absolute Gasteiger partial charge is 0.241 e. The van der Waals surface area contributed by atoms with Crippen molar-refractivity contribution in [3.8, 4) is 6.07 Å². The lowest BCUT2D eigenvalue weighted by Gasteiger charge is -2.26. The summed E-state index contributed by atoms with van der Waals surface area (Å²) in [6, 6.07) is 2.10. The minimum atomic E-state index is -0.899. The average Bonchev–Trinajstić information content (AvgIpc) is 2.85. The van der Waals surface area contributed by atoms with Crippen LogP contribution in [0.5, 0.6) is 0 Å². The molecule has 0 radical (unpaired) electrons. The number of aromatic nitrogens is 1. The second-order valence-electron chi connectivity index (χ2n) is 5.20. The van der Waals surface area contributed by atoms with E-state index < -0.39 is 5.41 Å². The van der Waals surface area contributed by atoms with Crippen molar-refractivity contribution in [3.05, 3.63) is 16.1 Å². The lowest BCUT2D eigenvalue weighted by molar-refractivity contribution is -0.129. The number of nitrogens with one attached hydrogen (secondary N) is 1. The molecular weight excluding hydrogens is 270 g/mol. The molecule has 1 aromatic heterocycles. The predicted molar refractivity (Wildman–Crippen MR) is 81.3 cm³/mol. The molecular formula is C15H23N3OS. The molecule has 0 fully saturated rings. The van der Waals surface area contributed by atoms with E-state index in [9.17, 15) is 10.1 Å². The maximum absolute atomic E-state index is 12.5. The van der Waals surface area contributed by atoms with Crippen molar-refractivity contribution in [1.82, 2.24) is 10.3 Å². The summed E-state index contributed by atoms with van der Waals surface area (Å²) in [6.07, 6.45) is 4.66. The zero-order valence-corrected chi connectivity index (χ0v) is 13.5. The number of hydrogen-bond acceptors (Lipinski definition) is 4. The van der Waals surface area contributed by atoms with Crippen LogP contribution in [-0.2, 0) is 4.79 Å². The van der Waals surface area contributed by atoms with E-state index in [1.807, 2.05) is 27.7 Å². The second-order valence-corrected chi connectivity index (χ2v) is 6.46. The molecule has 1 heterocycles. The monoisotopic (exact) mass is 293 g/mol. The van der Waals surface area contributed by atoms with Crippen LogP contribution in [0.2, 0.25) is 0 Å². The Hall–Kier alpha value is -1.41. The van der Waals surface area contributed by atoms with E-state index in [0.29, 0.717) is 12.8 Å². The van der Waals surface area contributed by atoms with Crippen LogP contribution < -0.4 is 5.32 Å². The van der Waals surface area contributed by atoms with Crippen LogP contribution in [0.4, 0.5) is 0 Å². The Kier molecular flexibility index (Phi) is 6.15. The fourth-order valence-corrected chi connectivity index (χ4v) is 3.11. The van der Waals surface area contributed by atoms with Gasteiger partial charge in [-0.05, 0) is 26.7 Å². The molecule has 20 heavy (non-hydrogen) atoms. The molecule has 1 rings (SSSR count). The van der Waals surface area contributed by atoms with E-state index >= 15 is 0 Å². The minimum Gasteiger partial charge on any atom is -0.346 e. The quantitative estimate of drug-likeness (QED) is 0.832. The van der Waals surface area contributed by atoms with Gasteiger partial charge < -0.3 is 5.32 Å². The van der Waals surface area contributed by atoms with Crippen LogP contribution in [0.15, 0.2) is 6.20 Å². The van der Waals surface area contributed by atoms with Crippen LogP contribution in [0.1, 0.15) is 62.4 Å². The number of rotatable bonds is 7. The van der Waals surface area contributed by atoms with Gasteiger partial charge in [-0.25, -0.2) is 4.98 Å². The van der Waals surface area contributed by atoms with Crippen LogP contribution in [0.3, 0.4) is 0 Å². The van der Waals surface area contributed by atoms with Gasteiger partial charge in [-0.3, -0.25) is 4.79 Å². The van der Waals surface area contributed by atoms with E-state index in [-0.39, 0.29) is 11.9 Å². The van der Waals surface area contributed by atoms with Crippen molar-refractivity contribution in [2.75, 3.05) is 0 Å². The summed E-state index contributed by atoms with van der Waals surface area (Å²) in [7, 11) is 0. The number of hydrogen-bond donors (Lipinski definition) is 1. The van der Waals surface area contributed by atoms with E-state index in [1.165, 1.54) is 0 Å². The zero-order valence-electron chi connectivity index (χ0n) is 12.7. The number of aryl methyl sites for hydroxylation is 1. The fraction of sp³-hybridized carbons (Fsp3) is 0.667. The lowest BCUT2D eigenvalue weighted by atomic mass is 9.79. The highest BCUT2D eigenvalue weighted by atomic mass is 32.1. The van der Waals surface area contributed by atoms with Crippen LogP contribution in [0, 0.1) is 23.7 Å². The van der Waals surface area contributed by atoms with Gasteiger partial charge in [0.15, 0.2) is 0 Å². The van der Waals surface area contributed by atoms with Gasteiger partial charge in [-0.2, -0.15) is 5.26 Å². The van der Waals surface area contributed by atoms with Crippen molar-refractivity contribution in [2.24, 2.45) is 5.41 Å². The zero-order chi connectivity index (χ0) is 15.2. The summed E-state index contributed by atoms with van der Waals surface area (Å²) in [5.74, 6) is -0.163. The van der Waals surface area contributed by atoms with Crippen molar-refractivity contribution >= 4 is 17.2 Å². The summed E-state index contributed by atoms with van der Waals surface area (Å²) >= 11 is 1.57. The Morgan fingerprint density at radius 3 is 2.50 bits per heavy atom. The number of carbonyl (C=O) groups excluding carboxylic acids is 1.